The number of aryl methyl sites for hydroxylation is 1. The fraction of sp³-hybridized carbons (Fsp3) is 0.500. The zero-order valence-electron chi connectivity index (χ0n) is 11.3. The van der Waals surface area contributed by atoms with E-state index in [-0.39, 0.29) is 0 Å². The van der Waals surface area contributed by atoms with Crippen molar-refractivity contribution in [3.8, 4) is 18.1 Å². The summed E-state index contributed by atoms with van der Waals surface area (Å²) in [6.07, 6.45) is 6.14. The van der Waals surface area contributed by atoms with Gasteiger partial charge in [-0.1, -0.05) is 26.8 Å². The summed E-state index contributed by atoms with van der Waals surface area (Å²) >= 11 is 0. The summed E-state index contributed by atoms with van der Waals surface area (Å²) in [5.41, 5.74) is 2.58. The summed E-state index contributed by atoms with van der Waals surface area (Å²) in [6.45, 7) is 9.34. The molecule has 0 saturated heterocycles. The van der Waals surface area contributed by atoms with Crippen molar-refractivity contribution in [2.24, 2.45) is 5.92 Å². The lowest BCUT2D eigenvalue weighted by molar-refractivity contribution is 0.271. The highest BCUT2D eigenvalue weighted by molar-refractivity contribution is 5.37. The van der Waals surface area contributed by atoms with E-state index < -0.39 is 0 Å². The minimum atomic E-state index is 0.416. The quantitative estimate of drug-likeness (QED) is 0.690. The number of benzene rings is 1. The Hall–Kier alpha value is -1.42. The van der Waals surface area contributed by atoms with Crippen molar-refractivity contribution < 1.29 is 4.74 Å². The first-order valence-corrected chi connectivity index (χ1v) is 6.21. The average Bonchev–Trinajstić information content (AvgIpc) is 2.26. The van der Waals surface area contributed by atoms with Gasteiger partial charge in [0.15, 0.2) is 0 Å². The van der Waals surface area contributed by atoms with Gasteiger partial charge < -0.3 is 4.74 Å². The second kappa shape index (κ2) is 6.35. The van der Waals surface area contributed by atoms with Crippen molar-refractivity contribution in [3.63, 3.8) is 0 Å². The molecule has 0 aliphatic rings. The van der Waals surface area contributed by atoms with E-state index in [1.165, 1.54) is 11.1 Å². The maximum absolute atomic E-state index is 5.70. The van der Waals surface area contributed by atoms with Crippen molar-refractivity contribution in [2.45, 2.75) is 40.0 Å². The Balaban J connectivity index is 2.76. The third kappa shape index (κ3) is 4.15. The molecule has 0 saturated carbocycles. The van der Waals surface area contributed by atoms with Crippen LogP contribution in [0.5, 0.6) is 5.75 Å². The molecule has 0 aliphatic carbocycles. The third-order valence-corrected chi connectivity index (χ3v) is 2.78. The van der Waals surface area contributed by atoms with Crippen molar-refractivity contribution in [1.29, 1.82) is 0 Å². The highest BCUT2D eigenvalue weighted by atomic mass is 16.5. The van der Waals surface area contributed by atoms with Gasteiger partial charge in [-0.15, -0.1) is 12.3 Å². The minimum absolute atomic E-state index is 0.416. The van der Waals surface area contributed by atoms with E-state index in [9.17, 15) is 0 Å². The Kier molecular flexibility index (Phi) is 5.10. The molecular weight excluding hydrogens is 208 g/mol. The fourth-order valence-corrected chi connectivity index (χ4v) is 1.84. The van der Waals surface area contributed by atoms with E-state index in [4.69, 9.17) is 11.2 Å². The number of hydrogen-bond donors (Lipinski definition) is 0. The summed E-state index contributed by atoms with van der Waals surface area (Å²) in [4.78, 5) is 0. The van der Waals surface area contributed by atoms with E-state index in [0.717, 1.165) is 18.8 Å². The molecule has 0 fully saturated rings. The summed E-state index contributed by atoms with van der Waals surface area (Å²) in [5.74, 6) is 4.64. The van der Waals surface area contributed by atoms with Gasteiger partial charge in [-0.25, -0.2) is 0 Å². The van der Waals surface area contributed by atoms with Crippen LogP contribution in [0.3, 0.4) is 0 Å². The summed E-state index contributed by atoms with van der Waals surface area (Å²) in [6, 6.07) is 6.27. The first-order chi connectivity index (χ1) is 8.04. The van der Waals surface area contributed by atoms with Gasteiger partial charge in [0.25, 0.3) is 0 Å². The predicted octanol–water partition coefficient (Wildman–Crippen LogP) is 4.16. The average molecular weight is 230 g/mol. The van der Waals surface area contributed by atoms with E-state index in [1.54, 1.807) is 0 Å². The van der Waals surface area contributed by atoms with Gasteiger partial charge in [-0.05, 0) is 42.0 Å². The number of hydrogen-bond acceptors (Lipinski definition) is 1. The Morgan fingerprint density at radius 1 is 1.29 bits per heavy atom. The molecular formula is C16H22O. The molecule has 0 amide bonds. The maximum Gasteiger partial charge on any atom is 0.119 e. The molecule has 1 atom stereocenters. The van der Waals surface area contributed by atoms with Crippen LogP contribution in [0.2, 0.25) is 0 Å². The fourth-order valence-electron chi connectivity index (χ4n) is 1.84. The molecule has 1 aromatic rings. The van der Waals surface area contributed by atoms with Gasteiger partial charge in [0.1, 0.15) is 5.75 Å². The first-order valence-electron chi connectivity index (χ1n) is 6.21. The Labute approximate surface area is 105 Å². The van der Waals surface area contributed by atoms with Gasteiger partial charge in [0.2, 0.25) is 0 Å². The molecule has 1 nitrogen and oxygen atoms in total. The van der Waals surface area contributed by atoms with Gasteiger partial charge in [0, 0.05) is 6.42 Å². The topological polar surface area (TPSA) is 9.23 Å². The van der Waals surface area contributed by atoms with Crippen molar-refractivity contribution >= 4 is 0 Å². The predicted molar refractivity (Wildman–Crippen MR) is 73.4 cm³/mol. The molecule has 1 rings (SSSR count). The normalized spacial score (nSPS) is 12.2. The lowest BCUT2D eigenvalue weighted by Gasteiger charge is -2.14. The van der Waals surface area contributed by atoms with Crippen LogP contribution in [-0.2, 0) is 0 Å². The van der Waals surface area contributed by atoms with Crippen LogP contribution in [0.1, 0.15) is 44.2 Å². The monoisotopic (exact) mass is 230 g/mol. The Morgan fingerprint density at radius 2 is 2.00 bits per heavy atom. The first kappa shape index (κ1) is 13.6. The second-order valence-electron chi connectivity index (χ2n) is 5.03. The smallest absolute Gasteiger partial charge is 0.119 e. The van der Waals surface area contributed by atoms with Crippen molar-refractivity contribution in [2.75, 3.05) is 6.61 Å². The summed E-state index contributed by atoms with van der Waals surface area (Å²) in [5, 5.41) is 0. The lowest BCUT2D eigenvalue weighted by atomic mass is 9.94. The number of ether oxygens (including phenoxy) is 1. The zero-order chi connectivity index (χ0) is 12.8. The number of terminal acetylenes is 1. The second-order valence-corrected chi connectivity index (χ2v) is 5.03. The van der Waals surface area contributed by atoms with Crippen LogP contribution >= 0.6 is 0 Å². The van der Waals surface area contributed by atoms with Crippen molar-refractivity contribution in [1.82, 2.24) is 0 Å². The molecule has 1 unspecified atom stereocenters. The van der Waals surface area contributed by atoms with Gasteiger partial charge in [-0.2, -0.15) is 0 Å². The van der Waals surface area contributed by atoms with Gasteiger partial charge in [-0.3, -0.25) is 0 Å². The van der Waals surface area contributed by atoms with Gasteiger partial charge in [0.05, 0.1) is 6.61 Å². The largest absolute Gasteiger partial charge is 0.493 e. The molecule has 0 aliphatic heterocycles. The maximum atomic E-state index is 5.70. The molecule has 1 aromatic carbocycles. The van der Waals surface area contributed by atoms with E-state index in [0.29, 0.717) is 11.8 Å². The third-order valence-electron chi connectivity index (χ3n) is 2.78. The van der Waals surface area contributed by atoms with Crippen LogP contribution in [0.25, 0.3) is 0 Å². The highest BCUT2D eigenvalue weighted by Crippen LogP contribution is 2.25. The number of rotatable bonds is 5. The van der Waals surface area contributed by atoms with Crippen LogP contribution in [-0.4, -0.2) is 6.61 Å². The molecule has 0 bridgehead atoms. The van der Waals surface area contributed by atoms with E-state index in [1.807, 2.05) is 6.07 Å². The molecule has 1 heteroatoms. The SMILES string of the molecule is C#CCC(C)c1ccc(OCC(C)C)cc1C. The van der Waals surface area contributed by atoms with Crippen LogP contribution < -0.4 is 4.74 Å². The molecule has 0 spiro atoms. The standard InChI is InChI=1S/C16H22O/c1-6-7-13(4)16-9-8-15(10-14(16)5)17-11-12(2)3/h1,8-10,12-13H,7,11H2,2-5H3. The molecule has 0 aromatic heterocycles. The minimum Gasteiger partial charge on any atom is -0.493 e. The van der Waals surface area contributed by atoms with E-state index in [2.05, 4.69) is 45.7 Å². The zero-order valence-corrected chi connectivity index (χ0v) is 11.3. The lowest BCUT2D eigenvalue weighted by Crippen LogP contribution is -2.05. The van der Waals surface area contributed by atoms with Crippen LogP contribution in [0.4, 0.5) is 0 Å². The summed E-state index contributed by atoms with van der Waals surface area (Å²) in [7, 11) is 0. The summed E-state index contributed by atoms with van der Waals surface area (Å²) < 4.78 is 5.70. The highest BCUT2D eigenvalue weighted by Gasteiger charge is 2.08. The Morgan fingerprint density at radius 3 is 2.53 bits per heavy atom. The van der Waals surface area contributed by atoms with E-state index >= 15 is 0 Å². The molecule has 92 valence electrons. The molecule has 17 heavy (non-hydrogen) atoms. The van der Waals surface area contributed by atoms with Gasteiger partial charge >= 0.3 is 0 Å². The van der Waals surface area contributed by atoms with Crippen LogP contribution in [0.15, 0.2) is 18.2 Å². The molecule has 0 heterocycles. The van der Waals surface area contributed by atoms with Crippen LogP contribution in [0, 0.1) is 25.2 Å². The Bertz CT molecular complexity index is 398. The van der Waals surface area contributed by atoms with Crippen molar-refractivity contribution in [3.05, 3.63) is 29.3 Å². The molecule has 0 radical (unpaired) electrons. The molecule has 0 N–H and O–H groups in total.